The maximum atomic E-state index is 12.8. The van der Waals surface area contributed by atoms with Gasteiger partial charge in [0.1, 0.15) is 11.6 Å². The third-order valence-corrected chi connectivity index (χ3v) is 5.17. The van der Waals surface area contributed by atoms with Crippen molar-refractivity contribution in [2.45, 2.75) is 32.0 Å². The first-order chi connectivity index (χ1) is 12.3. The normalized spacial score (nSPS) is 22.3. The lowest BCUT2D eigenvalue weighted by atomic mass is 9.89. The van der Waals surface area contributed by atoms with Crippen LogP contribution in [0.2, 0.25) is 0 Å². The molecule has 142 valence electrons. The highest BCUT2D eigenvalue weighted by Crippen LogP contribution is 2.31. The van der Waals surface area contributed by atoms with E-state index in [1.807, 2.05) is 44.0 Å². The number of amides is 2. The average Bonchev–Trinajstić information content (AvgIpc) is 2.59. The van der Waals surface area contributed by atoms with Crippen LogP contribution in [0.3, 0.4) is 0 Å². The topological polar surface area (TPSA) is 66.0 Å². The first-order valence-electron chi connectivity index (χ1n) is 9.09. The number of nitrogens with zero attached hydrogens (tertiary/aromatic N) is 4. The number of rotatable bonds is 4. The number of likely N-dealkylation sites (tertiary alicyclic amines) is 1. The van der Waals surface area contributed by atoms with Gasteiger partial charge in [-0.25, -0.2) is 0 Å². The fourth-order valence-corrected chi connectivity index (χ4v) is 3.68. The number of pyridine rings is 1. The summed E-state index contributed by atoms with van der Waals surface area (Å²) in [6.45, 7) is 6.53. The van der Waals surface area contributed by atoms with Gasteiger partial charge in [0.05, 0.1) is 31.9 Å². The molecule has 2 fully saturated rings. The zero-order valence-corrected chi connectivity index (χ0v) is 16.0. The van der Waals surface area contributed by atoms with Crippen molar-refractivity contribution in [1.82, 2.24) is 19.7 Å². The molecule has 0 N–H and O–H groups in total. The number of morpholine rings is 1. The SMILES string of the molecule is CC(C)C(=O)N1CC2(C1)CN(C)[C@@H](C(=O)N(C)Cc1ccccn1)CO2. The van der Waals surface area contributed by atoms with E-state index in [0.29, 0.717) is 32.8 Å². The number of hydrogen-bond donors (Lipinski definition) is 0. The minimum Gasteiger partial charge on any atom is -0.368 e. The summed E-state index contributed by atoms with van der Waals surface area (Å²) in [5, 5.41) is 0. The van der Waals surface area contributed by atoms with Crippen LogP contribution >= 0.6 is 0 Å². The third-order valence-electron chi connectivity index (χ3n) is 5.17. The van der Waals surface area contributed by atoms with Crippen LogP contribution in [0.5, 0.6) is 0 Å². The molecule has 0 radical (unpaired) electrons. The molecule has 2 aliphatic heterocycles. The molecule has 0 aromatic carbocycles. The van der Waals surface area contributed by atoms with Gasteiger partial charge in [-0.15, -0.1) is 0 Å². The van der Waals surface area contributed by atoms with Crippen LogP contribution in [-0.4, -0.2) is 83.5 Å². The van der Waals surface area contributed by atoms with Crippen LogP contribution in [0.15, 0.2) is 24.4 Å². The molecular weight excluding hydrogens is 332 g/mol. The third kappa shape index (κ3) is 3.73. The highest BCUT2D eigenvalue weighted by atomic mass is 16.5. The van der Waals surface area contributed by atoms with Gasteiger partial charge in [-0.3, -0.25) is 19.5 Å². The summed E-state index contributed by atoms with van der Waals surface area (Å²) in [5.74, 6) is 0.195. The fourth-order valence-electron chi connectivity index (χ4n) is 3.68. The summed E-state index contributed by atoms with van der Waals surface area (Å²) in [6.07, 6.45) is 1.73. The highest BCUT2D eigenvalue weighted by Gasteiger charge is 2.51. The van der Waals surface area contributed by atoms with E-state index in [4.69, 9.17) is 4.74 Å². The number of hydrogen-bond acceptors (Lipinski definition) is 5. The van der Waals surface area contributed by atoms with Gasteiger partial charge in [-0.1, -0.05) is 19.9 Å². The smallest absolute Gasteiger partial charge is 0.242 e. The van der Waals surface area contributed by atoms with Gasteiger partial charge < -0.3 is 14.5 Å². The van der Waals surface area contributed by atoms with Crippen LogP contribution in [0, 0.1) is 5.92 Å². The Bertz CT molecular complexity index is 658. The predicted octanol–water partition coefficient (Wildman–Crippen LogP) is 0.608. The Kier molecular flexibility index (Phi) is 5.29. The van der Waals surface area contributed by atoms with Crippen molar-refractivity contribution in [2.24, 2.45) is 5.92 Å². The van der Waals surface area contributed by atoms with E-state index in [9.17, 15) is 9.59 Å². The van der Waals surface area contributed by atoms with Crippen molar-refractivity contribution in [2.75, 3.05) is 40.3 Å². The largest absolute Gasteiger partial charge is 0.368 e. The Morgan fingerprint density at radius 2 is 2.08 bits per heavy atom. The molecule has 7 heteroatoms. The summed E-state index contributed by atoms with van der Waals surface area (Å²) in [6, 6.07) is 5.39. The number of likely N-dealkylation sites (N-methyl/N-ethyl adjacent to an activating group) is 2. The first-order valence-corrected chi connectivity index (χ1v) is 9.09. The monoisotopic (exact) mass is 360 g/mol. The first kappa shape index (κ1) is 18.8. The second-order valence-corrected chi connectivity index (χ2v) is 7.79. The van der Waals surface area contributed by atoms with Crippen LogP contribution < -0.4 is 0 Å². The molecular formula is C19H28N4O3. The molecule has 3 rings (SSSR count). The lowest BCUT2D eigenvalue weighted by molar-refractivity contribution is -0.204. The lowest BCUT2D eigenvalue weighted by Gasteiger charge is -2.55. The van der Waals surface area contributed by atoms with E-state index in [1.54, 1.807) is 18.1 Å². The van der Waals surface area contributed by atoms with Gasteiger partial charge in [-0.05, 0) is 19.2 Å². The van der Waals surface area contributed by atoms with Crippen molar-refractivity contribution in [1.29, 1.82) is 0 Å². The van der Waals surface area contributed by atoms with E-state index >= 15 is 0 Å². The van der Waals surface area contributed by atoms with Gasteiger partial charge in [0.15, 0.2) is 0 Å². The quantitative estimate of drug-likeness (QED) is 0.787. The molecule has 0 saturated carbocycles. The second-order valence-electron chi connectivity index (χ2n) is 7.79. The molecule has 2 saturated heterocycles. The van der Waals surface area contributed by atoms with E-state index in [-0.39, 0.29) is 29.4 Å². The summed E-state index contributed by atoms with van der Waals surface area (Å²) >= 11 is 0. The summed E-state index contributed by atoms with van der Waals surface area (Å²) < 4.78 is 6.07. The van der Waals surface area contributed by atoms with Crippen molar-refractivity contribution < 1.29 is 14.3 Å². The lowest BCUT2D eigenvalue weighted by Crippen LogP contribution is -2.73. The number of carbonyl (C=O) groups is 2. The Hall–Kier alpha value is -1.99. The van der Waals surface area contributed by atoms with Crippen LogP contribution in [-0.2, 0) is 20.9 Å². The molecule has 26 heavy (non-hydrogen) atoms. The summed E-state index contributed by atoms with van der Waals surface area (Å²) in [5.41, 5.74) is 0.538. The van der Waals surface area contributed by atoms with Crippen molar-refractivity contribution in [3.63, 3.8) is 0 Å². The molecule has 1 atom stereocenters. The zero-order chi connectivity index (χ0) is 18.9. The summed E-state index contributed by atoms with van der Waals surface area (Å²) in [7, 11) is 3.75. The van der Waals surface area contributed by atoms with E-state index in [0.717, 1.165) is 5.69 Å². The van der Waals surface area contributed by atoms with Gasteiger partial charge in [0, 0.05) is 25.7 Å². The molecule has 0 unspecified atom stereocenters. The van der Waals surface area contributed by atoms with Crippen molar-refractivity contribution in [3.05, 3.63) is 30.1 Å². The molecule has 2 aliphatic rings. The van der Waals surface area contributed by atoms with E-state index in [1.165, 1.54) is 0 Å². The number of aromatic nitrogens is 1. The van der Waals surface area contributed by atoms with Gasteiger partial charge in [-0.2, -0.15) is 0 Å². The van der Waals surface area contributed by atoms with E-state index < -0.39 is 0 Å². The van der Waals surface area contributed by atoms with Crippen LogP contribution in [0.25, 0.3) is 0 Å². The Labute approximate surface area is 154 Å². The van der Waals surface area contributed by atoms with Crippen molar-refractivity contribution >= 4 is 11.8 Å². The van der Waals surface area contributed by atoms with Gasteiger partial charge in [0.25, 0.3) is 0 Å². The predicted molar refractivity (Wildman–Crippen MR) is 97.2 cm³/mol. The molecule has 2 amide bonds. The van der Waals surface area contributed by atoms with Gasteiger partial charge in [0.2, 0.25) is 11.8 Å². The zero-order valence-electron chi connectivity index (χ0n) is 16.0. The maximum Gasteiger partial charge on any atom is 0.242 e. The van der Waals surface area contributed by atoms with Gasteiger partial charge >= 0.3 is 0 Å². The maximum absolute atomic E-state index is 12.8. The van der Waals surface area contributed by atoms with Crippen LogP contribution in [0.1, 0.15) is 19.5 Å². The highest BCUT2D eigenvalue weighted by molar-refractivity contribution is 5.82. The van der Waals surface area contributed by atoms with Crippen molar-refractivity contribution in [3.8, 4) is 0 Å². The molecule has 1 spiro atoms. The Morgan fingerprint density at radius 1 is 1.35 bits per heavy atom. The Morgan fingerprint density at radius 3 is 2.65 bits per heavy atom. The average molecular weight is 360 g/mol. The molecule has 0 aliphatic carbocycles. The molecule has 1 aromatic rings. The molecule has 1 aromatic heterocycles. The molecule has 3 heterocycles. The minimum absolute atomic E-state index is 0.00300. The number of carbonyl (C=O) groups excluding carboxylic acids is 2. The van der Waals surface area contributed by atoms with Crippen LogP contribution in [0.4, 0.5) is 0 Å². The van der Waals surface area contributed by atoms with E-state index in [2.05, 4.69) is 9.88 Å². The summed E-state index contributed by atoms with van der Waals surface area (Å²) in [4.78, 5) is 34.7. The molecule has 0 bridgehead atoms. The molecule has 7 nitrogen and oxygen atoms in total. The number of ether oxygens (including phenoxy) is 1. The Balaban J connectivity index is 1.54. The standard InChI is InChI=1S/C19H28N4O3/c1-14(2)17(24)23-12-19(13-23)11-22(4)16(10-26-19)18(25)21(3)9-15-7-5-6-8-20-15/h5-8,14,16H,9-13H2,1-4H3/t16-/m1/s1. The second kappa shape index (κ2) is 7.32. The minimum atomic E-state index is -0.324. The fraction of sp³-hybridized carbons (Fsp3) is 0.632.